The Morgan fingerprint density at radius 1 is 0.483 bits per heavy atom. The minimum Gasteiger partial charge on any atom is -0.241 e. The summed E-state index contributed by atoms with van der Waals surface area (Å²) in [4.78, 5) is 0. The van der Waals surface area contributed by atoms with Gasteiger partial charge in [0.1, 0.15) is 0 Å². The third kappa shape index (κ3) is 5.49. The second-order valence-corrected chi connectivity index (χ2v) is 6.12. The molecule has 0 bridgehead atoms. The Balaban J connectivity index is 6.56. The van der Waals surface area contributed by atoms with Crippen LogP contribution in [0.3, 0.4) is 0 Å². The summed E-state index contributed by atoms with van der Waals surface area (Å²) in [6.07, 6.45) is -40.6. The molecule has 17 heteroatoms. The summed E-state index contributed by atoms with van der Waals surface area (Å²) >= 11 is 0. The van der Waals surface area contributed by atoms with Gasteiger partial charge in [0.15, 0.2) is 6.17 Å². The summed E-state index contributed by atoms with van der Waals surface area (Å²) in [5, 5.41) is 0. The molecule has 0 nitrogen and oxygen atoms in total. The number of hydrogen-bond donors (Lipinski definition) is 0. The van der Waals surface area contributed by atoms with Crippen molar-refractivity contribution in [3.63, 3.8) is 0 Å². The van der Waals surface area contributed by atoms with E-state index in [1.165, 1.54) is 0 Å². The quantitative estimate of drug-likeness (QED) is 0.361. The van der Waals surface area contributed by atoms with Crippen LogP contribution in [0.25, 0.3) is 0 Å². The molecule has 1 atom stereocenters. The highest BCUT2D eigenvalue weighted by atomic mass is 19.4. The summed E-state index contributed by atoms with van der Waals surface area (Å²) in [7, 11) is 0. The minimum absolute atomic E-state index is 0.632. The van der Waals surface area contributed by atoms with E-state index in [1.807, 2.05) is 0 Å². The van der Waals surface area contributed by atoms with E-state index in [0.29, 0.717) is 0 Å². The second kappa shape index (κ2) is 7.50. The van der Waals surface area contributed by atoms with Crippen LogP contribution in [0.5, 0.6) is 0 Å². The summed E-state index contributed by atoms with van der Waals surface area (Å²) < 4.78 is 217. The molecule has 0 aliphatic heterocycles. The first-order valence-electron chi connectivity index (χ1n) is 6.89. The van der Waals surface area contributed by atoms with Gasteiger partial charge in [-0.05, 0) is 0 Å². The first-order chi connectivity index (χ1) is 12.2. The summed E-state index contributed by atoms with van der Waals surface area (Å²) in [5.74, 6) is -9.50. The average Bonchev–Trinajstić information content (AvgIpc) is 2.39. The number of rotatable bonds is 6. The van der Waals surface area contributed by atoms with Gasteiger partial charge in [0.2, 0.25) is 0 Å². The molecule has 0 aromatic carbocycles. The van der Waals surface area contributed by atoms with Crippen LogP contribution in [0.2, 0.25) is 0 Å². The van der Waals surface area contributed by atoms with Crippen LogP contribution >= 0.6 is 0 Å². The minimum atomic E-state index is -7.12. The molecule has 0 aliphatic carbocycles. The van der Waals surface area contributed by atoms with Gasteiger partial charge >= 0.3 is 24.7 Å². The predicted octanol–water partition coefficient (Wildman–Crippen LogP) is 7.04. The number of hydrogen-bond acceptors (Lipinski definition) is 0. The largest absolute Gasteiger partial charge is 0.431 e. The maximum Gasteiger partial charge on any atom is 0.431 e. The first kappa shape index (κ1) is 27.8. The van der Waals surface area contributed by atoms with Crippen LogP contribution in [-0.2, 0) is 0 Å². The van der Waals surface area contributed by atoms with E-state index in [-0.39, 0.29) is 0 Å². The topological polar surface area (TPSA) is 0 Å². The van der Waals surface area contributed by atoms with Gasteiger partial charge in [-0.3, -0.25) is 0 Å². The number of halogens is 17. The molecule has 0 saturated carbocycles. The van der Waals surface area contributed by atoms with Crippen molar-refractivity contribution in [1.82, 2.24) is 0 Å². The van der Waals surface area contributed by atoms with E-state index < -0.39 is 73.8 Å². The molecule has 0 aliphatic rings. The molecule has 29 heavy (non-hydrogen) atoms. The highest BCUT2D eigenvalue weighted by Crippen LogP contribution is 2.55. The SMILES string of the molecule is CC(F)(F)C(F)C(CC(F)(C(F)(F)F)C(F)(F)F)CC(F)(C(F)(F)F)C(F)(F)F. The zero-order valence-electron chi connectivity index (χ0n) is 13.5. The smallest absolute Gasteiger partial charge is 0.241 e. The summed E-state index contributed by atoms with van der Waals surface area (Å²) in [6, 6.07) is 0. The molecule has 176 valence electrons. The van der Waals surface area contributed by atoms with Gasteiger partial charge in [-0.1, -0.05) is 0 Å². The molecule has 0 spiro atoms. The van der Waals surface area contributed by atoms with E-state index in [0.717, 1.165) is 0 Å². The Bertz CT molecular complexity index is 473. The molecule has 0 heterocycles. The average molecular weight is 476 g/mol. The second-order valence-electron chi connectivity index (χ2n) is 6.12. The monoisotopic (exact) mass is 476 g/mol. The molecule has 0 aromatic rings. The van der Waals surface area contributed by atoms with Gasteiger partial charge in [0.05, 0.1) is 0 Å². The van der Waals surface area contributed by atoms with Gasteiger partial charge in [0, 0.05) is 25.7 Å². The maximum atomic E-state index is 13.6. The predicted molar refractivity (Wildman–Crippen MR) is 60.1 cm³/mol. The Labute approximate surface area is 150 Å². The van der Waals surface area contributed by atoms with Crippen LogP contribution in [-0.4, -0.2) is 48.1 Å². The maximum absolute atomic E-state index is 13.6. The van der Waals surface area contributed by atoms with Gasteiger partial charge in [-0.2, -0.15) is 52.7 Å². The number of alkyl halides is 17. The highest BCUT2D eigenvalue weighted by Gasteiger charge is 2.76. The van der Waals surface area contributed by atoms with Crippen LogP contribution in [0, 0.1) is 5.92 Å². The normalized spacial score (nSPS) is 17.1. The van der Waals surface area contributed by atoms with E-state index in [9.17, 15) is 74.6 Å². The molecular weight excluding hydrogens is 467 g/mol. The Kier molecular flexibility index (Phi) is 7.19. The third-order valence-electron chi connectivity index (χ3n) is 3.78. The highest BCUT2D eigenvalue weighted by molar-refractivity contribution is 5.03. The van der Waals surface area contributed by atoms with E-state index in [2.05, 4.69) is 0 Å². The fraction of sp³-hybridized carbons (Fsp3) is 1.00. The third-order valence-corrected chi connectivity index (χ3v) is 3.78. The lowest BCUT2D eigenvalue weighted by molar-refractivity contribution is -0.359. The van der Waals surface area contributed by atoms with Crippen molar-refractivity contribution < 1.29 is 74.6 Å². The molecule has 0 aromatic heterocycles. The zero-order valence-corrected chi connectivity index (χ0v) is 13.5. The van der Waals surface area contributed by atoms with E-state index in [4.69, 9.17) is 0 Å². The fourth-order valence-electron chi connectivity index (χ4n) is 2.20. The van der Waals surface area contributed by atoms with Crippen molar-refractivity contribution in [2.24, 2.45) is 5.92 Å². The Morgan fingerprint density at radius 3 is 0.828 bits per heavy atom. The van der Waals surface area contributed by atoms with Crippen LogP contribution in [0.4, 0.5) is 74.6 Å². The molecule has 0 amide bonds. The Morgan fingerprint density at radius 2 is 0.690 bits per heavy atom. The fourth-order valence-corrected chi connectivity index (χ4v) is 2.20. The lowest BCUT2D eigenvalue weighted by Crippen LogP contribution is -2.59. The van der Waals surface area contributed by atoms with Gasteiger partial charge in [-0.25, -0.2) is 22.0 Å². The van der Waals surface area contributed by atoms with Crippen molar-refractivity contribution in [2.45, 2.75) is 67.9 Å². The molecule has 0 N–H and O–H groups in total. The zero-order chi connectivity index (χ0) is 24.1. The summed E-state index contributed by atoms with van der Waals surface area (Å²) in [5.41, 5.74) is -13.4. The molecule has 0 saturated heterocycles. The standard InChI is InChI=1S/C12H9F17/c1-6(14,15)5(13)4(2-7(16,9(18,19)20)10(21,22)23)3-8(17,11(24,25)26)12(27,28)29/h4-5H,2-3H2,1H3. The lowest BCUT2D eigenvalue weighted by Gasteiger charge is -2.38. The molecular formula is C12H9F17. The van der Waals surface area contributed by atoms with Gasteiger partial charge in [0.25, 0.3) is 17.3 Å². The van der Waals surface area contributed by atoms with Gasteiger partial charge < -0.3 is 0 Å². The molecule has 0 fully saturated rings. The molecule has 1 unspecified atom stereocenters. The van der Waals surface area contributed by atoms with E-state index >= 15 is 0 Å². The van der Waals surface area contributed by atoms with Crippen LogP contribution in [0.15, 0.2) is 0 Å². The van der Waals surface area contributed by atoms with Crippen LogP contribution < -0.4 is 0 Å². The van der Waals surface area contributed by atoms with Crippen LogP contribution in [0.1, 0.15) is 19.8 Å². The van der Waals surface area contributed by atoms with Crippen molar-refractivity contribution >= 4 is 0 Å². The first-order valence-corrected chi connectivity index (χ1v) is 6.89. The van der Waals surface area contributed by atoms with Crippen molar-refractivity contribution in [2.75, 3.05) is 0 Å². The van der Waals surface area contributed by atoms with Gasteiger partial charge in [-0.15, -0.1) is 0 Å². The van der Waals surface area contributed by atoms with Crippen molar-refractivity contribution in [3.05, 3.63) is 0 Å². The Hall–Kier alpha value is -1.19. The summed E-state index contributed by atoms with van der Waals surface area (Å²) in [6.45, 7) is -0.632. The van der Waals surface area contributed by atoms with E-state index in [1.54, 1.807) is 0 Å². The van der Waals surface area contributed by atoms with Crippen molar-refractivity contribution in [1.29, 1.82) is 0 Å². The molecule has 0 rings (SSSR count). The molecule has 0 radical (unpaired) electrons. The lowest BCUT2D eigenvalue weighted by atomic mass is 9.79. The van der Waals surface area contributed by atoms with Crippen molar-refractivity contribution in [3.8, 4) is 0 Å².